The summed E-state index contributed by atoms with van der Waals surface area (Å²) in [6.07, 6.45) is 0.807. The summed E-state index contributed by atoms with van der Waals surface area (Å²) in [5.41, 5.74) is 2.12. The fourth-order valence-electron chi connectivity index (χ4n) is 1.79. The quantitative estimate of drug-likeness (QED) is 0.624. The van der Waals surface area contributed by atoms with Gasteiger partial charge in [-0.3, -0.25) is 0 Å². The largest absolute Gasteiger partial charge is 0.423 e. The predicted octanol–water partition coefficient (Wildman–Crippen LogP) is 2.97. The van der Waals surface area contributed by atoms with Crippen LogP contribution in [0.1, 0.15) is 21.5 Å². The molecule has 0 amide bonds. The molecule has 0 aliphatic carbocycles. The van der Waals surface area contributed by atoms with Gasteiger partial charge < -0.3 is 9.47 Å². The summed E-state index contributed by atoms with van der Waals surface area (Å²) < 4.78 is 10.3. The van der Waals surface area contributed by atoms with Gasteiger partial charge in [0.2, 0.25) is 0 Å². The molecule has 0 atom stereocenters. The molecular formula is C17H15NO3. The Morgan fingerprint density at radius 1 is 1.10 bits per heavy atom. The monoisotopic (exact) mass is 281 g/mol. The van der Waals surface area contributed by atoms with Gasteiger partial charge in [-0.15, -0.1) is 0 Å². The number of hydrogen-bond acceptors (Lipinski definition) is 4. The van der Waals surface area contributed by atoms with Gasteiger partial charge in [-0.25, -0.2) is 4.79 Å². The highest BCUT2D eigenvalue weighted by Crippen LogP contribution is 2.14. The maximum Gasteiger partial charge on any atom is 0.343 e. The first-order valence-electron chi connectivity index (χ1n) is 6.53. The van der Waals surface area contributed by atoms with Crippen molar-refractivity contribution in [1.82, 2.24) is 0 Å². The Hall–Kier alpha value is -2.64. The Morgan fingerprint density at radius 2 is 1.76 bits per heavy atom. The molecule has 0 aliphatic rings. The van der Waals surface area contributed by atoms with E-state index in [1.165, 1.54) is 0 Å². The molecule has 4 heteroatoms. The van der Waals surface area contributed by atoms with Crippen molar-refractivity contribution in [2.45, 2.75) is 6.42 Å². The minimum Gasteiger partial charge on any atom is -0.423 e. The van der Waals surface area contributed by atoms with E-state index in [1.54, 1.807) is 43.5 Å². The highest BCUT2D eigenvalue weighted by atomic mass is 16.5. The van der Waals surface area contributed by atoms with Crippen molar-refractivity contribution in [1.29, 1.82) is 5.26 Å². The Bertz CT molecular complexity index is 639. The first-order valence-corrected chi connectivity index (χ1v) is 6.53. The summed E-state index contributed by atoms with van der Waals surface area (Å²) in [6.45, 7) is 0.648. The number of ether oxygens (including phenoxy) is 2. The summed E-state index contributed by atoms with van der Waals surface area (Å²) in [7, 11) is 1.66. The van der Waals surface area contributed by atoms with E-state index in [9.17, 15) is 4.79 Å². The zero-order chi connectivity index (χ0) is 15.1. The van der Waals surface area contributed by atoms with Crippen molar-refractivity contribution in [2.75, 3.05) is 13.7 Å². The van der Waals surface area contributed by atoms with Crippen molar-refractivity contribution in [3.63, 3.8) is 0 Å². The van der Waals surface area contributed by atoms with Crippen LogP contribution in [0.3, 0.4) is 0 Å². The lowest BCUT2D eigenvalue weighted by Gasteiger charge is -2.05. The molecule has 4 nitrogen and oxygen atoms in total. The van der Waals surface area contributed by atoms with Crippen molar-refractivity contribution in [2.24, 2.45) is 0 Å². The molecule has 106 valence electrons. The van der Waals surface area contributed by atoms with Gasteiger partial charge in [0, 0.05) is 7.11 Å². The van der Waals surface area contributed by atoms with E-state index < -0.39 is 5.97 Å². The molecule has 2 rings (SSSR count). The Labute approximate surface area is 123 Å². The van der Waals surface area contributed by atoms with Gasteiger partial charge >= 0.3 is 5.97 Å². The highest BCUT2D eigenvalue weighted by Gasteiger charge is 2.08. The van der Waals surface area contributed by atoms with Crippen molar-refractivity contribution in [3.8, 4) is 11.8 Å². The van der Waals surface area contributed by atoms with Gasteiger partial charge in [0.25, 0.3) is 0 Å². The molecule has 0 bridgehead atoms. The second kappa shape index (κ2) is 7.22. The fraction of sp³-hybridized carbons (Fsp3) is 0.176. The zero-order valence-electron chi connectivity index (χ0n) is 11.7. The molecule has 0 spiro atoms. The Balaban J connectivity index is 2.00. The van der Waals surface area contributed by atoms with E-state index in [0.717, 1.165) is 12.0 Å². The van der Waals surface area contributed by atoms with Crippen LogP contribution in [0.5, 0.6) is 5.75 Å². The second-order valence-electron chi connectivity index (χ2n) is 4.47. The molecule has 0 N–H and O–H groups in total. The maximum absolute atomic E-state index is 12.0. The van der Waals surface area contributed by atoms with Gasteiger partial charge in [0.15, 0.2) is 0 Å². The van der Waals surface area contributed by atoms with Crippen LogP contribution in [0.2, 0.25) is 0 Å². The molecule has 0 unspecified atom stereocenters. The van der Waals surface area contributed by atoms with Crippen LogP contribution in [0.4, 0.5) is 0 Å². The Kier molecular flexibility index (Phi) is 5.08. The van der Waals surface area contributed by atoms with Gasteiger partial charge in [0.1, 0.15) is 5.75 Å². The molecular weight excluding hydrogens is 266 g/mol. The number of benzene rings is 2. The van der Waals surface area contributed by atoms with Crippen LogP contribution in [0, 0.1) is 11.3 Å². The second-order valence-corrected chi connectivity index (χ2v) is 4.47. The average Bonchev–Trinajstić information content (AvgIpc) is 2.54. The van der Waals surface area contributed by atoms with E-state index in [1.807, 2.05) is 18.2 Å². The number of carbonyl (C=O) groups excluding carboxylic acids is 1. The fourth-order valence-corrected chi connectivity index (χ4v) is 1.79. The topological polar surface area (TPSA) is 59.3 Å². The number of carbonyl (C=O) groups is 1. The van der Waals surface area contributed by atoms with Crippen LogP contribution >= 0.6 is 0 Å². The summed E-state index contributed by atoms with van der Waals surface area (Å²) in [6, 6.07) is 15.7. The van der Waals surface area contributed by atoms with Crippen LogP contribution in [0.15, 0.2) is 48.5 Å². The molecule has 0 aliphatic heterocycles. The molecule has 0 saturated heterocycles. The van der Waals surface area contributed by atoms with Crippen molar-refractivity contribution >= 4 is 5.97 Å². The standard InChI is InChI=1S/C17H15NO3/c1-20-11-10-13-2-6-15(7-3-13)17(19)21-16-8-4-14(12-18)5-9-16/h2-9H,10-11H2,1H3. The highest BCUT2D eigenvalue weighted by molar-refractivity contribution is 5.91. The van der Waals surface area contributed by atoms with E-state index >= 15 is 0 Å². The maximum atomic E-state index is 12.0. The lowest BCUT2D eigenvalue weighted by Crippen LogP contribution is -2.08. The minimum absolute atomic E-state index is 0.419. The summed E-state index contributed by atoms with van der Waals surface area (Å²) >= 11 is 0. The lowest BCUT2D eigenvalue weighted by atomic mass is 10.1. The van der Waals surface area contributed by atoms with Crippen LogP contribution < -0.4 is 4.74 Å². The van der Waals surface area contributed by atoms with Gasteiger partial charge in [-0.05, 0) is 48.4 Å². The van der Waals surface area contributed by atoms with Crippen molar-refractivity contribution in [3.05, 3.63) is 65.2 Å². The molecule has 0 fully saturated rings. The lowest BCUT2D eigenvalue weighted by molar-refractivity contribution is 0.0735. The number of rotatable bonds is 5. The molecule has 0 aromatic heterocycles. The number of nitrogens with zero attached hydrogens (tertiary/aromatic N) is 1. The predicted molar refractivity (Wildman–Crippen MR) is 78.1 cm³/mol. The van der Waals surface area contributed by atoms with Gasteiger partial charge in [0.05, 0.1) is 23.8 Å². The third-order valence-electron chi connectivity index (χ3n) is 2.98. The zero-order valence-corrected chi connectivity index (χ0v) is 11.7. The van der Waals surface area contributed by atoms with E-state index in [4.69, 9.17) is 14.7 Å². The number of nitriles is 1. The first kappa shape index (κ1) is 14.8. The SMILES string of the molecule is COCCc1ccc(C(=O)Oc2ccc(C#N)cc2)cc1. The van der Waals surface area contributed by atoms with Crippen LogP contribution in [-0.4, -0.2) is 19.7 Å². The number of hydrogen-bond donors (Lipinski definition) is 0. The molecule has 0 saturated carbocycles. The van der Waals surface area contributed by atoms with E-state index in [0.29, 0.717) is 23.5 Å². The summed E-state index contributed by atoms with van der Waals surface area (Å²) in [5, 5.41) is 8.71. The van der Waals surface area contributed by atoms with E-state index in [-0.39, 0.29) is 0 Å². The molecule has 0 radical (unpaired) electrons. The average molecular weight is 281 g/mol. The first-order chi connectivity index (χ1) is 10.2. The van der Waals surface area contributed by atoms with Crippen molar-refractivity contribution < 1.29 is 14.3 Å². The van der Waals surface area contributed by atoms with Crippen LogP contribution in [0.25, 0.3) is 0 Å². The Morgan fingerprint density at radius 3 is 2.33 bits per heavy atom. The molecule has 21 heavy (non-hydrogen) atoms. The summed E-state index contributed by atoms with van der Waals surface area (Å²) in [5.74, 6) is 0.000425. The van der Waals surface area contributed by atoms with Crippen LogP contribution in [-0.2, 0) is 11.2 Å². The smallest absolute Gasteiger partial charge is 0.343 e. The molecule has 2 aromatic carbocycles. The molecule has 0 heterocycles. The minimum atomic E-state index is -0.419. The number of esters is 1. The third kappa shape index (κ3) is 4.16. The number of methoxy groups -OCH3 is 1. The third-order valence-corrected chi connectivity index (χ3v) is 2.98. The van der Waals surface area contributed by atoms with Gasteiger partial charge in [-0.1, -0.05) is 12.1 Å². The van der Waals surface area contributed by atoms with E-state index in [2.05, 4.69) is 0 Å². The summed E-state index contributed by atoms with van der Waals surface area (Å²) in [4.78, 5) is 12.0. The molecule has 2 aromatic rings. The normalized spacial score (nSPS) is 9.90. The van der Waals surface area contributed by atoms with Gasteiger partial charge in [-0.2, -0.15) is 5.26 Å².